The SMILES string of the molecule is C#CCNc1nc2ccccc2o1.Clc1nc2ccccc2o1. The molecule has 6 heteroatoms. The molecule has 0 aliphatic heterocycles. The van der Waals surface area contributed by atoms with Gasteiger partial charge in [-0.1, -0.05) is 30.2 Å². The Morgan fingerprint density at radius 1 is 0.957 bits per heavy atom. The summed E-state index contributed by atoms with van der Waals surface area (Å²) in [6, 6.07) is 15.5. The molecule has 2 heterocycles. The number of aromatic nitrogens is 2. The molecule has 2 aromatic heterocycles. The number of nitrogens with one attached hydrogen (secondary N) is 1. The average molecular weight is 326 g/mol. The van der Waals surface area contributed by atoms with Crippen molar-refractivity contribution < 1.29 is 8.83 Å². The first-order valence-corrected chi connectivity index (χ1v) is 7.18. The molecule has 2 aromatic carbocycles. The number of halogens is 1. The Kier molecular flexibility index (Phi) is 4.46. The van der Waals surface area contributed by atoms with Crippen molar-refractivity contribution in [1.29, 1.82) is 0 Å². The van der Waals surface area contributed by atoms with Crippen molar-refractivity contribution in [2.24, 2.45) is 0 Å². The van der Waals surface area contributed by atoms with Crippen LogP contribution in [0.25, 0.3) is 22.2 Å². The maximum absolute atomic E-state index is 5.51. The molecule has 0 radical (unpaired) electrons. The highest BCUT2D eigenvalue weighted by Crippen LogP contribution is 2.18. The van der Waals surface area contributed by atoms with Crippen LogP contribution >= 0.6 is 11.6 Å². The first kappa shape index (κ1) is 14.9. The van der Waals surface area contributed by atoms with Crippen LogP contribution in [0.4, 0.5) is 6.01 Å². The first-order valence-electron chi connectivity index (χ1n) is 6.80. The average Bonchev–Trinajstić information content (AvgIpc) is 3.14. The molecular formula is C17H12ClN3O2. The summed E-state index contributed by atoms with van der Waals surface area (Å²) in [5.74, 6) is 2.45. The fourth-order valence-corrected chi connectivity index (χ4v) is 2.09. The molecule has 0 atom stereocenters. The van der Waals surface area contributed by atoms with Crippen LogP contribution < -0.4 is 5.32 Å². The van der Waals surface area contributed by atoms with E-state index < -0.39 is 0 Å². The first-order chi connectivity index (χ1) is 11.3. The topological polar surface area (TPSA) is 64.1 Å². The van der Waals surface area contributed by atoms with E-state index in [-0.39, 0.29) is 5.35 Å². The lowest BCUT2D eigenvalue weighted by atomic mass is 10.3. The molecule has 0 spiro atoms. The molecule has 0 aliphatic carbocycles. The Morgan fingerprint density at radius 2 is 1.57 bits per heavy atom. The van der Waals surface area contributed by atoms with E-state index in [2.05, 4.69) is 21.2 Å². The summed E-state index contributed by atoms with van der Waals surface area (Å²) in [4.78, 5) is 8.09. The van der Waals surface area contributed by atoms with Gasteiger partial charge in [0.1, 0.15) is 11.0 Å². The van der Waals surface area contributed by atoms with Crippen LogP contribution in [0.5, 0.6) is 0 Å². The molecule has 0 saturated heterocycles. The predicted molar refractivity (Wildman–Crippen MR) is 90.4 cm³/mol. The van der Waals surface area contributed by atoms with E-state index in [4.69, 9.17) is 26.9 Å². The number of hydrogen-bond donors (Lipinski definition) is 1. The fraction of sp³-hybridized carbons (Fsp3) is 0.0588. The van der Waals surface area contributed by atoms with Gasteiger partial charge in [0.25, 0.3) is 11.4 Å². The van der Waals surface area contributed by atoms with Gasteiger partial charge in [-0.2, -0.15) is 9.97 Å². The zero-order valence-corrected chi connectivity index (χ0v) is 12.7. The lowest BCUT2D eigenvalue weighted by molar-refractivity contribution is 0.604. The molecule has 0 saturated carbocycles. The summed E-state index contributed by atoms with van der Waals surface area (Å²) < 4.78 is 10.4. The monoisotopic (exact) mass is 325 g/mol. The van der Waals surface area contributed by atoms with E-state index in [1.807, 2.05) is 48.5 Å². The second-order valence-electron chi connectivity index (χ2n) is 4.48. The Morgan fingerprint density at radius 3 is 2.17 bits per heavy atom. The highest BCUT2D eigenvalue weighted by atomic mass is 35.5. The second-order valence-corrected chi connectivity index (χ2v) is 4.80. The summed E-state index contributed by atoms with van der Waals surface area (Å²) in [7, 11) is 0. The molecule has 1 N–H and O–H groups in total. The number of oxazole rings is 2. The van der Waals surface area contributed by atoms with Gasteiger partial charge in [0.05, 0.1) is 6.54 Å². The van der Waals surface area contributed by atoms with Crippen molar-refractivity contribution in [3.63, 3.8) is 0 Å². The number of fused-ring (bicyclic) bond motifs is 2. The van der Waals surface area contributed by atoms with Crippen molar-refractivity contribution in [1.82, 2.24) is 9.97 Å². The fourth-order valence-electron chi connectivity index (χ4n) is 1.92. The standard InChI is InChI=1S/C10H8N2O.C7H4ClNO/c1-2-7-11-10-12-8-5-3-4-6-9(8)13-10;8-7-9-5-3-1-2-4-6(5)10-7/h1,3-6H,7H2,(H,11,12);1-4H. The van der Waals surface area contributed by atoms with E-state index in [1.165, 1.54) is 0 Å². The Bertz CT molecular complexity index is 902. The minimum Gasteiger partial charge on any atom is -0.428 e. The van der Waals surface area contributed by atoms with Crippen molar-refractivity contribution in [3.8, 4) is 12.3 Å². The second kappa shape index (κ2) is 6.86. The minimum atomic E-state index is 0.196. The van der Waals surface area contributed by atoms with E-state index >= 15 is 0 Å². The van der Waals surface area contributed by atoms with Crippen molar-refractivity contribution in [2.75, 3.05) is 11.9 Å². The largest absolute Gasteiger partial charge is 0.428 e. The number of anilines is 1. The van der Waals surface area contributed by atoms with Crippen LogP contribution in [0.2, 0.25) is 5.35 Å². The van der Waals surface area contributed by atoms with Crippen LogP contribution in [0.3, 0.4) is 0 Å². The van der Waals surface area contributed by atoms with Crippen molar-refractivity contribution in [3.05, 3.63) is 53.9 Å². The highest BCUT2D eigenvalue weighted by Gasteiger charge is 2.02. The van der Waals surface area contributed by atoms with Gasteiger partial charge in [-0.25, -0.2) is 0 Å². The summed E-state index contributed by atoms with van der Waals surface area (Å²) in [5, 5.41) is 3.07. The van der Waals surface area contributed by atoms with Crippen LogP contribution in [0, 0.1) is 12.3 Å². The zero-order valence-electron chi connectivity index (χ0n) is 12.0. The van der Waals surface area contributed by atoms with Crippen LogP contribution in [-0.4, -0.2) is 16.5 Å². The Hall–Kier alpha value is -2.97. The van der Waals surface area contributed by atoms with E-state index in [0.717, 1.165) is 22.2 Å². The molecular weight excluding hydrogens is 314 g/mol. The maximum atomic E-state index is 5.51. The molecule has 0 aliphatic rings. The lowest BCUT2D eigenvalue weighted by Gasteiger charge is -1.90. The van der Waals surface area contributed by atoms with Gasteiger partial charge in [0.15, 0.2) is 11.2 Å². The Balaban J connectivity index is 0.000000140. The summed E-state index contributed by atoms with van der Waals surface area (Å²) in [6.07, 6.45) is 5.09. The number of nitrogens with zero attached hydrogens (tertiary/aromatic N) is 2. The molecule has 0 bridgehead atoms. The third kappa shape index (κ3) is 3.62. The van der Waals surface area contributed by atoms with Gasteiger partial charge in [-0.05, 0) is 35.9 Å². The molecule has 0 fully saturated rings. The third-order valence-electron chi connectivity index (χ3n) is 2.90. The number of terminal acetylenes is 1. The molecule has 4 rings (SSSR count). The number of para-hydroxylation sites is 4. The van der Waals surface area contributed by atoms with Gasteiger partial charge < -0.3 is 14.2 Å². The van der Waals surface area contributed by atoms with Gasteiger partial charge in [0, 0.05) is 0 Å². The summed E-state index contributed by atoms with van der Waals surface area (Å²) in [5.41, 5.74) is 3.13. The lowest BCUT2D eigenvalue weighted by Crippen LogP contribution is -1.97. The Labute approximate surface area is 137 Å². The number of hydrogen-bond acceptors (Lipinski definition) is 5. The van der Waals surface area contributed by atoms with E-state index in [0.29, 0.717) is 12.6 Å². The van der Waals surface area contributed by atoms with Gasteiger partial charge in [-0.3, -0.25) is 0 Å². The molecule has 114 valence electrons. The number of benzene rings is 2. The quantitative estimate of drug-likeness (QED) is 0.555. The van der Waals surface area contributed by atoms with Crippen molar-refractivity contribution in [2.45, 2.75) is 0 Å². The molecule has 0 amide bonds. The van der Waals surface area contributed by atoms with Crippen LogP contribution in [0.15, 0.2) is 57.4 Å². The highest BCUT2D eigenvalue weighted by molar-refractivity contribution is 6.28. The molecule has 0 unspecified atom stereocenters. The van der Waals surface area contributed by atoms with Gasteiger partial charge in [-0.15, -0.1) is 6.42 Å². The summed E-state index contributed by atoms with van der Waals surface area (Å²) in [6.45, 7) is 0.423. The zero-order chi connectivity index (χ0) is 16.1. The molecule has 5 nitrogen and oxygen atoms in total. The van der Waals surface area contributed by atoms with Crippen molar-refractivity contribution >= 4 is 39.8 Å². The van der Waals surface area contributed by atoms with Crippen LogP contribution in [-0.2, 0) is 0 Å². The number of rotatable bonds is 2. The van der Waals surface area contributed by atoms with E-state index in [9.17, 15) is 0 Å². The van der Waals surface area contributed by atoms with E-state index in [1.54, 1.807) is 0 Å². The van der Waals surface area contributed by atoms with Gasteiger partial charge in [0.2, 0.25) is 0 Å². The minimum absolute atomic E-state index is 0.196. The van der Waals surface area contributed by atoms with Gasteiger partial charge >= 0.3 is 0 Å². The summed E-state index contributed by atoms with van der Waals surface area (Å²) >= 11 is 5.51. The predicted octanol–water partition coefficient (Wildman–Crippen LogP) is 4.35. The van der Waals surface area contributed by atoms with Crippen LogP contribution in [0.1, 0.15) is 0 Å². The molecule has 4 aromatic rings. The molecule has 23 heavy (non-hydrogen) atoms. The third-order valence-corrected chi connectivity index (χ3v) is 3.07. The smallest absolute Gasteiger partial charge is 0.296 e. The normalized spacial score (nSPS) is 10.1. The maximum Gasteiger partial charge on any atom is 0.296 e.